The first-order valence-corrected chi connectivity index (χ1v) is 8.34. The summed E-state index contributed by atoms with van der Waals surface area (Å²) in [6.45, 7) is -0.481. The number of nitrogens with one attached hydrogen (secondary N) is 1. The molecule has 2 aromatic rings. The zero-order valence-corrected chi connectivity index (χ0v) is 14.4. The highest BCUT2D eigenvalue weighted by Crippen LogP contribution is 2.24. The Bertz CT molecular complexity index is 920. The molecule has 2 heterocycles. The van der Waals surface area contributed by atoms with E-state index in [4.69, 9.17) is 4.74 Å². The van der Waals surface area contributed by atoms with Crippen molar-refractivity contribution in [3.63, 3.8) is 0 Å². The number of hydrogen-bond donors (Lipinski definition) is 1. The van der Waals surface area contributed by atoms with Crippen LogP contribution in [0, 0.1) is 0 Å². The van der Waals surface area contributed by atoms with Crippen LogP contribution in [-0.2, 0) is 14.3 Å². The van der Waals surface area contributed by atoms with Gasteiger partial charge in [0, 0.05) is 30.4 Å². The van der Waals surface area contributed by atoms with Crippen molar-refractivity contribution in [3.8, 4) is 0 Å². The van der Waals surface area contributed by atoms with E-state index < -0.39 is 24.4 Å². The van der Waals surface area contributed by atoms with Gasteiger partial charge in [0.25, 0.3) is 17.7 Å². The number of rotatable bonds is 5. The van der Waals surface area contributed by atoms with E-state index in [1.54, 1.807) is 11.6 Å². The maximum Gasteiger partial charge on any atom is 0.331 e. The Balaban J connectivity index is 1.55. The fourth-order valence-electron chi connectivity index (χ4n) is 2.28. The number of ether oxygens (including phenoxy) is 1. The van der Waals surface area contributed by atoms with Crippen molar-refractivity contribution < 1.29 is 23.9 Å². The summed E-state index contributed by atoms with van der Waals surface area (Å²) in [5.74, 6) is -2.05. The molecule has 1 aliphatic heterocycles. The molecule has 1 aromatic carbocycles. The van der Waals surface area contributed by atoms with Crippen molar-refractivity contribution in [1.29, 1.82) is 0 Å². The Labute approximate surface area is 152 Å². The molecular formula is C17H13N3O5S. The average molecular weight is 371 g/mol. The maximum absolute atomic E-state index is 11.9. The molecule has 26 heavy (non-hydrogen) atoms. The van der Waals surface area contributed by atoms with E-state index in [0.29, 0.717) is 10.7 Å². The Hall–Kier alpha value is -3.33. The lowest BCUT2D eigenvalue weighted by molar-refractivity contribution is -0.142. The van der Waals surface area contributed by atoms with Gasteiger partial charge in [0.1, 0.15) is 5.01 Å². The molecule has 0 aliphatic carbocycles. The first-order chi connectivity index (χ1) is 12.5. The molecule has 3 amide bonds. The number of carbonyl (C=O) groups excluding carboxylic acids is 4. The molecule has 0 saturated carbocycles. The summed E-state index contributed by atoms with van der Waals surface area (Å²) >= 11 is 1.36. The van der Waals surface area contributed by atoms with E-state index in [1.165, 1.54) is 48.7 Å². The third kappa shape index (κ3) is 3.67. The smallest absolute Gasteiger partial charge is 0.331 e. The number of benzene rings is 1. The van der Waals surface area contributed by atoms with E-state index in [0.717, 1.165) is 4.90 Å². The molecule has 0 saturated heterocycles. The minimum absolute atomic E-state index is 0.221. The number of imide groups is 1. The Morgan fingerprint density at radius 3 is 2.77 bits per heavy atom. The molecular weight excluding hydrogens is 358 g/mol. The van der Waals surface area contributed by atoms with Gasteiger partial charge in [0.15, 0.2) is 6.61 Å². The van der Waals surface area contributed by atoms with Gasteiger partial charge in [0.2, 0.25) is 0 Å². The minimum atomic E-state index is -0.674. The summed E-state index contributed by atoms with van der Waals surface area (Å²) < 4.78 is 4.83. The highest BCUT2D eigenvalue weighted by Gasteiger charge is 2.32. The maximum atomic E-state index is 11.9. The highest BCUT2D eigenvalue weighted by molar-refractivity contribution is 7.10. The average Bonchev–Trinajstić information content (AvgIpc) is 3.22. The molecule has 0 bridgehead atoms. The van der Waals surface area contributed by atoms with Crippen molar-refractivity contribution in [2.24, 2.45) is 0 Å². The number of carbonyl (C=O) groups is 4. The molecule has 0 radical (unpaired) electrons. The normalized spacial score (nSPS) is 13.2. The van der Waals surface area contributed by atoms with Crippen molar-refractivity contribution in [3.05, 3.63) is 52.0 Å². The molecule has 8 nitrogen and oxygen atoms in total. The van der Waals surface area contributed by atoms with Gasteiger partial charge >= 0.3 is 5.97 Å². The van der Waals surface area contributed by atoms with Crippen LogP contribution < -0.4 is 5.32 Å². The molecule has 1 aliphatic rings. The van der Waals surface area contributed by atoms with Crippen LogP contribution in [0.1, 0.15) is 25.7 Å². The number of nitrogens with zero attached hydrogens (tertiary/aromatic N) is 2. The SMILES string of the molecule is CN1C(=O)c2ccc(NC(=O)COC(=O)C=Cc3nccs3)cc2C1=O. The topological polar surface area (TPSA) is 106 Å². The van der Waals surface area contributed by atoms with Crippen LogP contribution >= 0.6 is 11.3 Å². The first-order valence-electron chi connectivity index (χ1n) is 7.46. The quantitative estimate of drug-likeness (QED) is 0.486. The van der Waals surface area contributed by atoms with Gasteiger partial charge in [-0.2, -0.15) is 0 Å². The largest absolute Gasteiger partial charge is 0.452 e. The second-order valence-electron chi connectivity index (χ2n) is 5.29. The van der Waals surface area contributed by atoms with Crippen molar-refractivity contribution in [1.82, 2.24) is 9.88 Å². The molecule has 3 rings (SSSR count). The van der Waals surface area contributed by atoms with Gasteiger partial charge in [-0.3, -0.25) is 19.3 Å². The second kappa shape index (κ2) is 7.28. The lowest BCUT2D eigenvalue weighted by Gasteiger charge is -2.06. The fourth-order valence-corrected chi connectivity index (χ4v) is 2.81. The molecule has 9 heteroatoms. The van der Waals surface area contributed by atoms with Crippen LogP contribution in [0.4, 0.5) is 5.69 Å². The zero-order chi connectivity index (χ0) is 18.7. The summed E-state index contributed by atoms with van der Waals surface area (Å²) in [5.41, 5.74) is 0.840. The summed E-state index contributed by atoms with van der Waals surface area (Å²) in [4.78, 5) is 52.2. The van der Waals surface area contributed by atoms with E-state index in [2.05, 4.69) is 10.3 Å². The molecule has 1 aromatic heterocycles. The Kier molecular flexibility index (Phi) is 4.90. The van der Waals surface area contributed by atoms with Crippen LogP contribution in [0.15, 0.2) is 35.9 Å². The van der Waals surface area contributed by atoms with Gasteiger partial charge < -0.3 is 10.1 Å². The van der Waals surface area contributed by atoms with Crippen molar-refractivity contribution >= 4 is 46.8 Å². The van der Waals surface area contributed by atoms with Crippen LogP contribution in [0.3, 0.4) is 0 Å². The number of fused-ring (bicyclic) bond motifs is 1. The predicted molar refractivity (Wildman–Crippen MR) is 93.6 cm³/mol. The predicted octanol–water partition coefficient (Wildman–Crippen LogP) is 1.56. The number of amides is 3. The molecule has 0 unspecified atom stereocenters. The summed E-state index contributed by atoms with van der Waals surface area (Å²) in [5, 5.41) is 4.93. The first kappa shape index (κ1) is 17.5. The number of anilines is 1. The van der Waals surface area contributed by atoms with Crippen LogP contribution in [-0.4, -0.2) is 47.2 Å². The van der Waals surface area contributed by atoms with Crippen molar-refractivity contribution in [2.45, 2.75) is 0 Å². The Morgan fingerprint density at radius 2 is 2.04 bits per heavy atom. The minimum Gasteiger partial charge on any atom is -0.452 e. The standard InChI is InChI=1S/C17H13N3O5S/c1-20-16(23)11-3-2-10(8-12(11)17(20)24)19-13(21)9-25-15(22)5-4-14-18-6-7-26-14/h2-8H,9H2,1H3,(H,19,21). The van der Waals surface area contributed by atoms with Crippen LogP contribution in [0.5, 0.6) is 0 Å². The molecule has 1 N–H and O–H groups in total. The monoisotopic (exact) mass is 371 g/mol. The van der Waals surface area contributed by atoms with Gasteiger partial charge in [-0.15, -0.1) is 11.3 Å². The number of hydrogen-bond acceptors (Lipinski definition) is 7. The molecule has 0 fully saturated rings. The van der Waals surface area contributed by atoms with E-state index in [9.17, 15) is 19.2 Å². The zero-order valence-electron chi connectivity index (χ0n) is 13.6. The Morgan fingerprint density at radius 1 is 1.27 bits per heavy atom. The number of thiazole rings is 1. The third-order valence-electron chi connectivity index (χ3n) is 3.53. The van der Waals surface area contributed by atoms with Crippen LogP contribution in [0.2, 0.25) is 0 Å². The van der Waals surface area contributed by atoms with E-state index >= 15 is 0 Å². The van der Waals surface area contributed by atoms with E-state index in [-0.39, 0.29) is 17.0 Å². The second-order valence-corrected chi connectivity index (χ2v) is 6.22. The highest BCUT2D eigenvalue weighted by atomic mass is 32.1. The van der Waals surface area contributed by atoms with Gasteiger partial charge in [0.05, 0.1) is 11.1 Å². The van der Waals surface area contributed by atoms with Gasteiger partial charge in [-0.1, -0.05) is 0 Å². The summed E-state index contributed by atoms with van der Waals surface area (Å²) in [6, 6.07) is 4.39. The lowest BCUT2D eigenvalue weighted by atomic mass is 10.1. The third-order valence-corrected chi connectivity index (χ3v) is 4.27. The summed E-state index contributed by atoms with van der Waals surface area (Å²) in [6.07, 6.45) is 4.28. The van der Waals surface area contributed by atoms with Crippen LogP contribution in [0.25, 0.3) is 6.08 Å². The molecule has 0 spiro atoms. The number of esters is 1. The molecule has 132 valence electrons. The van der Waals surface area contributed by atoms with Crippen molar-refractivity contribution in [2.75, 3.05) is 19.0 Å². The molecule has 0 atom stereocenters. The van der Waals surface area contributed by atoms with E-state index in [1.807, 2.05) is 0 Å². The van der Waals surface area contributed by atoms with Gasteiger partial charge in [-0.25, -0.2) is 9.78 Å². The lowest BCUT2D eigenvalue weighted by Crippen LogP contribution is -2.24. The number of aromatic nitrogens is 1. The van der Waals surface area contributed by atoms with Gasteiger partial charge in [-0.05, 0) is 24.3 Å². The fraction of sp³-hybridized carbons (Fsp3) is 0.118. The summed E-state index contributed by atoms with van der Waals surface area (Å²) in [7, 11) is 1.39.